The van der Waals surface area contributed by atoms with Gasteiger partial charge in [0.1, 0.15) is 35.6 Å². The van der Waals surface area contributed by atoms with Crippen LogP contribution in [0, 0.1) is 25.2 Å². The number of anilines is 1. The van der Waals surface area contributed by atoms with E-state index in [0.29, 0.717) is 35.3 Å². The third-order valence-corrected chi connectivity index (χ3v) is 10.9. The molecule has 1 aromatic carbocycles. The fourth-order valence-corrected chi connectivity index (χ4v) is 8.06. The number of nitrogens with zero attached hydrogens (tertiary/aromatic N) is 6. The normalized spacial score (nSPS) is 23.5. The molecular formula is C37H40F3N9O4. The van der Waals surface area contributed by atoms with Crippen LogP contribution in [0.4, 0.5) is 23.8 Å². The molecule has 1 saturated heterocycles. The number of urea groups is 1. The first-order valence-corrected chi connectivity index (χ1v) is 17.7. The summed E-state index contributed by atoms with van der Waals surface area (Å²) in [5.74, 6) is -1.17. The Morgan fingerprint density at radius 2 is 1.77 bits per heavy atom. The zero-order valence-electron chi connectivity index (χ0n) is 29.8. The van der Waals surface area contributed by atoms with Gasteiger partial charge in [-0.3, -0.25) is 19.1 Å². The van der Waals surface area contributed by atoms with Crippen molar-refractivity contribution in [2.75, 3.05) is 18.4 Å². The molecule has 7 rings (SSSR count). The molecule has 4 atom stereocenters. The highest BCUT2D eigenvalue weighted by molar-refractivity contribution is 6.07. The van der Waals surface area contributed by atoms with Crippen molar-refractivity contribution in [3.8, 4) is 11.1 Å². The van der Waals surface area contributed by atoms with E-state index in [1.54, 1.807) is 19.3 Å². The molecule has 3 aliphatic rings. The van der Waals surface area contributed by atoms with Crippen LogP contribution in [0.1, 0.15) is 72.7 Å². The second-order valence-corrected chi connectivity index (χ2v) is 14.4. The largest absolute Gasteiger partial charge is 0.433 e. The Hall–Kier alpha value is -5.41. The van der Waals surface area contributed by atoms with Crippen molar-refractivity contribution in [1.29, 1.82) is 0 Å². The van der Waals surface area contributed by atoms with Gasteiger partial charge < -0.3 is 20.9 Å². The molecular weight excluding hydrogens is 691 g/mol. The molecule has 5 heterocycles. The molecule has 0 spiro atoms. The monoisotopic (exact) mass is 731 g/mol. The number of carbonyl (C=O) groups excluding carboxylic acids is 4. The summed E-state index contributed by atoms with van der Waals surface area (Å²) >= 11 is 0. The van der Waals surface area contributed by atoms with Gasteiger partial charge in [0.15, 0.2) is 5.78 Å². The second kappa shape index (κ2) is 13.5. The van der Waals surface area contributed by atoms with Crippen LogP contribution in [0.2, 0.25) is 0 Å². The molecule has 278 valence electrons. The summed E-state index contributed by atoms with van der Waals surface area (Å²) in [4.78, 5) is 68.3. The van der Waals surface area contributed by atoms with Crippen LogP contribution in [0.5, 0.6) is 0 Å². The van der Waals surface area contributed by atoms with Gasteiger partial charge in [0.25, 0.3) is 0 Å². The Labute approximate surface area is 303 Å². The highest BCUT2D eigenvalue weighted by Gasteiger charge is 2.72. The number of nitrogens with one attached hydrogen (secondary N) is 3. The van der Waals surface area contributed by atoms with Crippen LogP contribution in [0.3, 0.4) is 0 Å². The van der Waals surface area contributed by atoms with Crippen molar-refractivity contribution in [2.24, 2.45) is 11.3 Å². The van der Waals surface area contributed by atoms with Gasteiger partial charge in [0.2, 0.25) is 11.8 Å². The number of aryl methyl sites for hydroxylation is 3. The first-order valence-electron chi connectivity index (χ1n) is 17.7. The Morgan fingerprint density at radius 1 is 1.02 bits per heavy atom. The Kier molecular flexibility index (Phi) is 9.18. The number of hydrogen-bond acceptors (Lipinski definition) is 8. The first kappa shape index (κ1) is 36.0. The van der Waals surface area contributed by atoms with Gasteiger partial charge in [-0.05, 0) is 80.3 Å². The molecule has 1 aliphatic carbocycles. The second-order valence-electron chi connectivity index (χ2n) is 14.4. The van der Waals surface area contributed by atoms with Crippen molar-refractivity contribution in [3.05, 3.63) is 65.0 Å². The van der Waals surface area contributed by atoms with E-state index in [1.165, 1.54) is 29.5 Å². The lowest BCUT2D eigenvalue weighted by Crippen LogP contribution is -2.47. The van der Waals surface area contributed by atoms with Crippen molar-refractivity contribution < 1.29 is 32.3 Å². The summed E-state index contributed by atoms with van der Waals surface area (Å²) < 4.78 is 42.1. The van der Waals surface area contributed by atoms with E-state index in [0.717, 1.165) is 42.0 Å². The molecule has 2 bridgehead atoms. The van der Waals surface area contributed by atoms with E-state index in [1.807, 2.05) is 19.1 Å². The molecule has 4 aromatic rings. The average Bonchev–Trinajstić information content (AvgIpc) is 3.37. The standard InChI is InChI=1S/C37H40F3N9O4/c1-19-9-10-28(37(38,39)40)45-33(19)46-34(52)27-14-36-18-44-35(53)41-11-7-5-6-8-23-12-24(25-15-42-22(4)43-16-25)13-26-30(21(3)50)47-48(31(23)26)17-29(51)49(27)32(36)20(36)2/h9-10,12-13,15-16,20,27,32H,5-8,11,14,17-18H2,1-4H3,(H2,41,44,53)(H,45,46,52)/t20-,27-,32?,36+/m0/s1. The predicted octanol–water partition coefficient (Wildman–Crippen LogP) is 5.00. The van der Waals surface area contributed by atoms with Crippen molar-refractivity contribution in [1.82, 2.24) is 40.3 Å². The molecule has 2 fully saturated rings. The van der Waals surface area contributed by atoms with Crippen LogP contribution in [-0.4, -0.2) is 78.4 Å². The maximum Gasteiger partial charge on any atom is 0.433 e. The van der Waals surface area contributed by atoms with Gasteiger partial charge in [-0.2, -0.15) is 18.3 Å². The van der Waals surface area contributed by atoms with E-state index in [2.05, 4.69) is 36.0 Å². The van der Waals surface area contributed by atoms with E-state index < -0.39 is 41.2 Å². The number of aromatic nitrogens is 5. The number of Topliss-reactive ketones (excluding diaryl/α,β-unsaturated/α-hetero) is 1. The minimum atomic E-state index is -4.73. The lowest BCUT2D eigenvalue weighted by Gasteiger charge is -2.28. The topological polar surface area (TPSA) is 164 Å². The fourth-order valence-electron chi connectivity index (χ4n) is 8.06. The van der Waals surface area contributed by atoms with Crippen molar-refractivity contribution >= 4 is 40.3 Å². The van der Waals surface area contributed by atoms with Gasteiger partial charge in [-0.25, -0.2) is 19.7 Å². The number of alkyl halides is 3. The molecule has 3 aromatic heterocycles. The summed E-state index contributed by atoms with van der Waals surface area (Å²) in [5.41, 5.74) is 1.73. The molecule has 2 aliphatic heterocycles. The zero-order valence-corrected chi connectivity index (χ0v) is 29.8. The zero-order chi connectivity index (χ0) is 37.8. The fraction of sp³-hybridized carbons (Fsp3) is 0.459. The lowest BCUT2D eigenvalue weighted by atomic mass is 9.95. The molecule has 16 heteroatoms. The van der Waals surface area contributed by atoms with Crippen LogP contribution >= 0.6 is 0 Å². The maximum atomic E-state index is 14.6. The molecule has 13 nitrogen and oxygen atoms in total. The van der Waals surface area contributed by atoms with E-state index in [-0.39, 0.29) is 48.8 Å². The number of amides is 4. The van der Waals surface area contributed by atoms with Crippen LogP contribution in [0.25, 0.3) is 22.0 Å². The summed E-state index contributed by atoms with van der Waals surface area (Å²) in [5, 5.41) is 13.6. The minimum absolute atomic E-state index is 0.0971. The van der Waals surface area contributed by atoms with E-state index >= 15 is 0 Å². The Bertz CT molecular complexity index is 2130. The van der Waals surface area contributed by atoms with Gasteiger partial charge in [0.05, 0.1) is 5.52 Å². The summed E-state index contributed by atoms with van der Waals surface area (Å²) in [7, 11) is 0. The summed E-state index contributed by atoms with van der Waals surface area (Å²) in [6.45, 7) is 7.01. The summed E-state index contributed by atoms with van der Waals surface area (Å²) in [6.07, 6.45) is 1.73. The Morgan fingerprint density at radius 3 is 2.49 bits per heavy atom. The van der Waals surface area contributed by atoms with Gasteiger partial charge in [0, 0.05) is 54.8 Å². The van der Waals surface area contributed by atoms with Gasteiger partial charge in [-0.15, -0.1) is 0 Å². The first-order chi connectivity index (χ1) is 25.2. The number of carbonyl (C=O) groups is 4. The van der Waals surface area contributed by atoms with Gasteiger partial charge in [-0.1, -0.05) is 19.4 Å². The van der Waals surface area contributed by atoms with Crippen molar-refractivity contribution in [2.45, 2.75) is 84.6 Å². The SMILES string of the molecule is CC(=O)c1nn2c3c(cc(-c4cnc(C)nc4)cc13)CCCCCNC(=O)NC[C@@]13C[C@@H](C(=O)Nc4nc(C(F)(F)F)ccc4C)N(C(=O)C2)C1[C@@H]3C. The third-order valence-electron chi connectivity index (χ3n) is 10.9. The molecule has 1 saturated carbocycles. The van der Waals surface area contributed by atoms with Crippen molar-refractivity contribution in [3.63, 3.8) is 0 Å². The average molecular weight is 732 g/mol. The van der Waals surface area contributed by atoms with Crippen LogP contribution < -0.4 is 16.0 Å². The number of halogens is 3. The number of rotatable bonds is 4. The molecule has 4 amide bonds. The van der Waals surface area contributed by atoms with E-state index in [9.17, 15) is 32.3 Å². The van der Waals surface area contributed by atoms with E-state index in [4.69, 9.17) is 0 Å². The molecule has 53 heavy (non-hydrogen) atoms. The molecule has 3 N–H and O–H groups in total. The molecule has 1 unspecified atom stereocenters. The third kappa shape index (κ3) is 6.70. The van der Waals surface area contributed by atoms with Gasteiger partial charge >= 0.3 is 12.2 Å². The summed E-state index contributed by atoms with van der Waals surface area (Å²) in [6, 6.07) is 4.03. The number of pyridine rings is 1. The van der Waals surface area contributed by atoms with Crippen LogP contribution in [0.15, 0.2) is 36.7 Å². The van der Waals surface area contributed by atoms with Crippen LogP contribution in [-0.2, 0) is 28.7 Å². The lowest BCUT2D eigenvalue weighted by molar-refractivity contribution is -0.141. The number of ketones is 1. The number of benzene rings is 1. The highest BCUT2D eigenvalue weighted by atomic mass is 19.4. The number of piperidine rings is 1. The molecule has 0 radical (unpaired) electrons. The number of hydrogen-bond donors (Lipinski definition) is 3. The quantitative estimate of drug-likeness (QED) is 0.247. The smallest absolute Gasteiger partial charge is 0.338 e. The minimum Gasteiger partial charge on any atom is -0.338 e. The highest BCUT2D eigenvalue weighted by Crippen LogP contribution is 2.64. The predicted molar refractivity (Wildman–Crippen MR) is 188 cm³/mol. The Balaban J connectivity index is 1.30. The maximum absolute atomic E-state index is 14.6.